The molecule has 2 unspecified atom stereocenters. The Hall–Kier alpha value is -1.09. The van der Waals surface area contributed by atoms with Crippen molar-refractivity contribution < 1.29 is 9.13 Å². The summed E-state index contributed by atoms with van der Waals surface area (Å²) in [7, 11) is 0. The minimum absolute atomic E-state index is 0.281. The molecule has 1 aromatic carbocycles. The summed E-state index contributed by atoms with van der Waals surface area (Å²) in [6.07, 6.45) is 5.23. The molecule has 2 nitrogen and oxygen atoms in total. The van der Waals surface area contributed by atoms with Crippen LogP contribution in [0.3, 0.4) is 0 Å². The van der Waals surface area contributed by atoms with Gasteiger partial charge in [0.2, 0.25) is 0 Å². The Bertz CT molecular complexity index is 408. The molecule has 0 spiro atoms. The average molecular weight is 265 g/mol. The van der Waals surface area contributed by atoms with E-state index in [9.17, 15) is 4.39 Å². The fourth-order valence-electron chi connectivity index (χ4n) is 2.75. The first-order valence-electron chi connectivity index (χ1n) is 7.29. The van der Waals surface area contributed by atoms with E-state index in [1.165, 1.54) is 31.7 Å². The maximum atomic E-state index is 13.5. The molecule has 1 fully saturated rings. The molecule has 3 heteroatoms. The van der Waals surface area contributed by atoms with Crippen molar-refractivity contribution in [2.24, 2.45) is 5.92 Å². The molecule has 1 N–H and O–H groups in total. The van der Waals surface area contributed by atoms with Crippen LogP contribution in [0.4, 0.5) is 4.39 Å². The van der Waals surface area contributed by atoms with Gasteiger partial charge in [0, 0.05) is 12.6 Å². The number of rotatable bonds is 5. The lowest BCUT2D eigenvalue weighted by Gasteiger charge is -2.29. The molecule has 0 heterocycles. The number of hydrogen-bond acceptors (Lipinski definition) is 2. The van der Waals surface area contributed by atoms with Gasteiger partial charge >= 0.3 is 0 Å². The molecule has 0 bridgehead atoms. The zero-order valence-electron chi connectivity index (χ0n) is 11.9. The van der Waals surface area contributed by atoms with Crippen LogP contribution in [0.2, 0.25) is 0 Å². The Labute approximate surface area is 115 Å². The van der Waals surface area contributed by atoms with Crippen molar-refractivity contribution in [1.29, 1.82) is 0 Å². The molecule has 19 heavy (non-hydrogen) atoms. The van der Waals surface area contributed by atoms with E-state index < -0.39 is 0 Å². The summed E-state index contributed by atoms with van der Waals surface area (Å²) < 4.78 is 19.0. The van der Waals surface area contributed by atoms with E-state index >= 15 is 0 Å². The molecule has 0 radical (unpaired) electrons. The smallest absolute Gasteiger partial charge is 0.165 e. The van der Waals surface area contributed by atoms with Crippen molar-refractivity contribution in [3.63, 3.8) is 0 Å². The number of ether oxygens (including phenoxy) is 1. The van der Waals surface area contributed by atoms with Crippen LogP contribution in [0.25, 0.3) is 0 Å². The van der Waals surface area contributed by atoms with Gasteiger partial charge < -0.3 is 10.1 Å². The summed E-state index contributed by atoms with van der Waals surface area (Å²) in [5.74, 6) is 0.819. The van der Waals surface area contributed by atoms with Crippen LogP contribution >= 0.6 is 0 Å². The van der Waals surface area contributed by atoms with Crippen molar-refractivity contribution in [1.82, 2.24) is 5.32 Å². The Kier molecular flexibility index (Phi) is 5.20. The second-order valence-corrected chi connectivity index (χ2v) is 5.60. The van der Waals surface area contributed by atoms with Gasteiger partial charge in [0.1, 0.15) is 6.61 Å². The predicted molar refractivity (Wildman–Crippen MR) is 76.1 cm³/mol. The van der Waals surface area contributed by atoms with Crippen molar-refractivity contribution in [2.75, 3.05) is 13.2 Å². The number of benzene rings is 1. The zero-order chi connectivity index (χ0) is 13.7. The normalized spacial score (nSPS) is 23.3. The van der Waals surface area contributed by atoms with Gasteiger partial charge in [0.15, 0.2) is 11.6 Å². The lowest BCUT2D eigenvalue weighted by Crippen LogP contribution is -2.39. The van der Waals surface area contributed by atoms with E-state index in [4.69, 9.17) is 4.74 Å². The van der Waals surface area contributed by atoms with Gasteiger partial charge in [0.05, 0.1) is 0 Å². The van der Waals surface area contributed by atoms with E-state index in [-0.39, 0.29) is 5.82 Å². The topological polar surface area (TPSA) is 21.3 Å². The Morgan fingerprint density at radius 2 is 2.11 bits per heavy atom. The maximum absolute atomic E-state index is 13.5. The highest BCUT2D eigenvalue weighted by Gasteiger charge is 2.20. The van der Waals surface area contributed by atoms with Crippen LogP contribution in [-0.4, -0.2) is 19.2 Å². The molecule has 1 aliphatic rings. The molecular weight excluding hydrogens is 241 g/mol. The maximum Gasteiger partial charge on any atom is 0.165 e. The first-order valence-corrected chi connectivity index (χ1v) is 7.29. The van der Waals surface area contributed by atoms with Crippen LogP contribution in [0.5, 0.6) is 5.75 Å². The Balaban J connectivity index is 1.73. The van der Waals surface area contributed by atoms with Gasteiger partial charge in [-0.2, -0.15) is 0 Å². The van der Waals surface area contributed by atoms with Crippen LogP contribution in [0, 0.1) is 18.7 Å². The Morgan fingerprint density at radius 3 is 2.89 bits per heavy atom. The molecule has 1 aromatic rings. The van der Waals surface area contributed by atoms with E-state index in [1.54, 1.807) is 12.1 Å². The van der Waals surface area contributed by atoms with E-state index in [2.05, 4.69) is 12.2 Å². The third kappa shape index (κ3) is 4.20. The molecule has 0 saturated heterocycles. The SMILES string of the molecule is Cc1ccc(F)c(OCCNC2CCCCC2C)c1. The number of halogens is 1. The monoisotopic (exact) mass is 265 g/mol. The van der Waals surface area contributed by atoms with Crippen LogP contribution in [-0.2, 0) is 0 Å². The number of hydrogen-bond donors (Lipinski definition) is 1. The minimum atomic E-state index is -0.281. The van der Waals surface area contributed by atoms with E-state index in [1.807, 2.05) is 6.92 Å². The summed E-state index contributed by atoms with van der Waals surface area (Å²) in [4.78, 5) is 0. The van der Waals surface area contributed by atoms with E-state index in [0.717, 1.165) is 18.0 Å². The highest BCUT2D eigenvalue weighted by atomic mass is 19.1. The molecular formula is C16H24FNO. The van der Waals surface area contributed by atoms with Gasteiger partial charge in [0.25, 0.3) is 0 Å². The quantitative estimate of drug-likeness (QED) is 0.820. The summed E-state index contributed by atoms with van der Waals surface area (Å²) in [5, 5.41) is 3.53. The molecule has 0 aliphatic heterocycles. The van der Waals surface area contributed by atoms with Gasteiger partial charge in [-0.15, -0.1) is 0 Å². The third-order valence-electron chi connectivity index (χ3n) is 3.96. The Morgan fingerprint density at radius 1 is 1.32 bits per heavy atom. The van der Waals surface area contributed by atoms with Gasteiger partial charge in [-0.3, -0.25) is 0 Å². The van der Waals surface area contributed by atoms with E-state index in [0.29, 0.717) is 18.4 Å². The van der Waals surface area contributed by atoms with Gasteiger partial charge in [-0.05, 0) is 43.4 Å². The van der Waals surface area contributed by atoms with Crippen molar-refractivity contribution in [2.45, 2.75) is 45.6 Å². The summed E-state index contributed by atoms with van der Waals surface area (Å²) >= 11 is 0. The summed E-state index contributed by atoms with van der Waals surface area (Å²) in [6, 6.07) is 5.56. The predicted octanol–water partition coefficient (Wildman–Crippen LogP) is 3.68. The third-order valence-corrected chi connectivity index (χ3v) is 3.96. The molecule has 1 aliphatic carbocycles. The summed E-state index contributed by atoms with van der Waals surface area (Å²) in [5.41, 5.74) is 1.02. The van der Waals surface area contributed by atoms with Crippen molar-refractivity contribution in [3.8, 4) is 5.75 Å². The molecule has 0 amide bonds. The highest BCUT2D eigenvalue weighted by molar-refractivity contribution is 5.29. The summed E-state index contributed by atoms with van der Waals surface area (Å²) in [6.45, 7) is 5.54. The second kappa shape index (κ2) is 6.90. The first kappa shape index (κ1) is 14.3. The first-order chi connectivity index (χ1) is 9.16. The van der Waals surface area contributed by atoms with Crippen LogP contribution < -0.4 is 10.1 Å². The van der Waals surface area contributed by atoms with Gasteiger partial charge in [-0.25, -0.2) is 4.39 Å². The molecule has 0 aromatic heterocycles. The lowest BCUT2D eigenvalue weighted by atomic mass is 9.86. The average Bonchev–Trinajstić information content (AvgIpc) is 2.40. The minimum Gasteiger partial charge on any atom is -0.489 e. The van der Waals surface area contributed by atoms with Crippen LogP contribution in [0.15, 0.2) is 18.2 Å². The zero-order valence-corrected chi connectivity index (χ0v) is 11.9. The lowest BCUT2D eigenvalue weighted by molar-refractivity contribution is 0.247. The number of nitrogens with one attached hydrogen (secondary N) is 1. The van der Waals surface area contributed by atoms with Crippen LogP contribution in [0.1, 0.15) is 38.2 Å². The molecule has 1 saturated carbocycles. The largest absolute Gasteiger partial charge is 0.489 e. The highest BCUT2D eigenvalue weighted by Crippen LogP contribution is 2.23. The van der Waals surface area contributed by atoms with Crippen molar-refractivity contribution in [3.05, 3.63) is 29.6 Å². The molecule has 2 rings (SSSR count). The standard InChI is InChI=1S/C16H24FNO/c1-12-7-8-14(17)16(11-12)19-10-9-18-15-6-4-3-5-13(15)2/h7-8,11,13,15,18H,3-6,9-10H2,1-2H3. The van der Waals surface area contributed by atoms with Gasteiger partial charge in [-0.1, -0.05) is 25.8 Å². The fraction of sp³-hybridized carbons (Fsp3) is 0.625. The van der Waals surface area contributed by atoms with Crippen molar-refractivity contribution >= 4 is 0 Å². The molecule has 106 valence electrons. The molecule has 2 atom stereocenters. The fourth-order valence-corrected chi connectivity index (χ4v) is 2.75. The number of aryl methyl sites for hydroxylation is 1. The second-order valence-electron chi connectivity index (χ2n) is 5.60.